The van der Waals surface area contributed by atoms with Gasteiger partial charge in [-0.1, -0.05) is 30.3 Å². The van der Waals surface area contributed by atoms with Gasteiger partial charge in [0.2, 0.25) is 5.91 Å². The summed E-state index contributed by atoms with van der Waals surface area (Å²) in [6, 6.07) is 14.4. The van der Waals surface area contributed by atoms with Gasteiger partial charge in [0.15, 0.2) is 0 Å². The van der Waals surface area contributed by atoms with Gasteiger partial charge in [-0.25, -0.2) is 0 Å². The topological polar surface area (TPSA) is 40.6 Å². The van der Waals surface area contributed by atoms with Gasteiger partial charge in [0.05, 0.1) is 16.4 Å². The predicted molar refractivity (Wildman–Crippen MR) is 106 cm³/mol. The summed E-state index contributed by atoms with van der Waals surface area (Å²) < 4.78 is 39.6. The second-order valence-electron chi connectivity index (χ2n) is 6.73. The molecular weight excluding hydrogens is 401 g/mol. The zero-order chi connectivity index (χ0) is 21.0. The summed E-state index contributed by atoms with van der Waals surface area (Å²) in [5.41, 5.74) is -1.29. The molecule has 1 heterocycles. The Balaban J connectivity index is 1.61. The Morgan fingerprint density at radius 1 is 0.897 bits per heavy atom. The van der Waals surface area contributed by atoms with E-state index in [0.29, 0.717) is 13.1 Å². The van der Waals surface area contributed by atoms with Crippen LogP contribution in [0.3, 0.4) is 0 Å². The predicted octanol–water partition coefficient (Wildman–Crippen LogP) is 4.17. The van der Waals surface area contributed by atoms with Crippen molar-refractivity contribution in [1.29, 1.82) is 0 Å². The molecule has 154 valence electrons. The summed E-state index contributed by atoms with van der Waals surface area (Å²) in [6.07, 6.45) is -4.59. The first kappa shape index (κ1) is 21.2. The number of halogens is 3. The van der Waals surface area contributed by atoms with Crippen LogP contribution in [0.4, 0.5) is 13.2 Å². The van der Waals surface area contributed by atoms with E-state index in [1.54, 1.807) is 4.90 Å². The van der Waals surface area contributed by atoms with Crippen molar-refractivity contribution in [1.82, 2.24) is 9.80 Å². The van der Waals surface area contributed by atoms with Crippen molar-refractivity contribution in [3.63, 3.8) is 0 Å². The lowest BCUT2D eigenvalue weighted by Crippen LogP contribution is -2.52. The van der Waals surface area contributed by atoms with Crippen LogP contribution in [0.5, 0.6) is 0 Å². The molecule has 1 aliphatic heterocycles. The molecule has 1 saturated heterocycles. The number of rotatable bonds is 4. The van der Waals surface area contributed by atoms with Crippen molar-refractivity contribution in [3.8, 4) is 0 Å². The smallest absolute Gasteiger partial charge is 0.338 e. The molecule has 0 aromatic heterocycles. The Morgan fingerprint density at radius 3 is 2.07 bits per heavy atom. The Hall–Kier alpha value is -2.48. The summed E-state index contributed by atoms with van der Waals surface area (Å²) in [6.45, 7) is 2.85. The summed E-state index contributed by atoms with van der Waals surface area (Å²) in [5.74, 6) is -0.696. The minimum Gasteiger partial charge on any atom is -0.338 e. The third kappa shape index (κ3) is 5.12. The van der Waals surface area contributed by atoms with E-state index >= 15 is 0 Å². The molecule has 0 aliphatic carbocycles. The van der Waals surface area contributed by atoms with E-state index in [2.05, 4.69) is 0 Å². The summed E-state index contributed by atoms with van der Waals surface area (Å²) in [4.78, 5) is 29.4. The first-order chi connectivity index (χ1) is 13.8. The summed E-state index contributed by atoms with van der Waals surface area (Å²) >= 11 is 1.46. The van der Waals surface area contributed by atoms with Crippen molar-refractivity contribution in [2.75, 3.05) is 26.2 Å². The fourth-order valence-corrected chi connectivity index (χ4v) is 4.20. The third-order valence-electron chi connectivity index (χ3n) is 4.75. The summed E-state index contributed by atoms with van der Waals surface area (Å²) in [5, 5.41) is -0.286. The minimum atomic E-state index is -4.59. The second-order valence-corrected chi connectivity index (χ2v) is 8.15. The van der Waals surface area contributed by atoms with Crippen LogP contribution in [0.25, 0.3) is 0 Å². The molecule has 0 spiro atoms. The van der Waals surface area contributed by atoms with E-state index in [1.165, 1.54) is 34.9 Å². The molecule has 1 fully saturated rings. The van der Waals surface area contributed by atoms with Crippen molar-refractivity contribution < 1.29 is 22.8 Å². The molecule has 2 aromatic carbocycles. The molecule has 3 rings (SSSR count). The quantitative estimate of drug-likeness (QED) is 0.695. The minimum absolute atomic E-state index is 0.0401. The van der Waals surface area contributed by atoms with Crippen LogP contribution in [0, 0.1) is 0 Å². The maximum atomic E-state index is 13.2. The highest BCUT2D eigenvalue weighted by Crippen LogP contribution is 2.32. The fourth-order valence-electron chi connectivity index (χ4n) is 3.23. The number of piperazine rings is 1. The number of carbonyl (C=O) groups excluding carboxylic acids is 2. The van der Waals surface area contributed by atoms with Crippen LogP contribution in [-0.2, 0) is 11.0 Å². The maximum Gasteiger partial charge on any atom is 0.417 e. The average Bonchev–Trinajstić information content (AvgIpc) is 2.73. The number of thioether (sulfide) groups is 1. The van der Waals surface area contributed by atoms with Crippen LogP contribution in [0.1, 0.15) is 22.8 Å². The maximum absolute atomic E-state index is 13.2. The zero-order valence-electron chi connectivity index (χ0n) is 15.9. The van der Waals surface area contributed by atoms with Gasteiger partial charge in [0.1, 0.15) is 0 Å². The van der Waals surface area contributed by atoms with E-state index in [1.807, 2.05) is 37.3 Å². The third-order valence-corrected chi connectivity index (χ3v) is 5.84. The highest BCUT2D eigenvalue weighted by molar-refractivity contribution is 8.00. The molecule has 0 saturated carbocycles. The monoisotopic (exact) mass is 422 g/mol. The van der Waals surface area contributed by atoms with E-state index in [0.717, 1.165) is 11.0 Å². The van der Waals surface area contributed by atoms with Crippen LogP contribution >= 0.6 is 11.8 Å². The van der Waals surface area contributed by atoms with Gasteiger partial charge < -0.3 is 9.80 Å². The largest absolute Gasteiger partial charge is 0.417 e. The molecule has 8 heteroatoms. The highest BCUT2D eigenvalue weighted by atomic mass is 32.2. The number of carbonyl (C=O) groups is 2. The van der Waals surface area contributed by atoms with Crippen LogP contribution in [0.2, 0.25) is 0 Å². The van der Waals surface area contributed by atoms with Gasteiger partial charge in [-0.05, 0) is 31.2 Å². The first-order valence-electron chi connectivity index (χ1n) is 9.23. The lowest BCUT2D eigenvalue weighted by atomic mass is 10.1. The highest BCUT2D eigenvalue weighted by Gasteiger charge is 2.36. The van der Waals surface area contributed by atoms with E-state index in [-0.39, 0.29) is 29.8 Å². The number of hydrogen-bond acceptors (Lipinski definition) is 3. The molecule has 1 unspecified atom stereocenters. The number of hydrogen-bond donors (Lipinski definition) is 0. The van der Waals surface area contributed by atoms with Crippen LogP contribution in [-0.4, -0.2) is 53.0 Å². The molecule has 0 N–H and O–H groups in total. The van der Waals surface area contributed by atoms with Gasteiger partial charge in [-0.2, -0.15) is 13.2 Å². The van der Waals surface area contributed by atoms with Crippen molar-refractivity contribution in [2.45, 2.75) is 23.2 Å². The summed E-state index contributed by atoms with van der Waals surface area (Å²) in [7, 11) is 0. The van der Waals surface area contributed by atoms with Crippen molar-refractivity contribution >= 4 is 23.6 Å². The zero-order valence-corrected chi connectivity index (χ0v) is 16.7. The number of benzene rings is 2. The molecule has 29 heavy (non-hydrogen) atoms. The standard InChI is InChI=1S/C21H21F3N2O2S/c1-15(29-16-7-3-2-4-8-16)19(27)25-11-13-26(14-12-25)20(28)17-9-5-6-10-18(17)21(22,23)24/h2-10,15H,11-14H2,1H3. The van der Waals surface area contributed by atoms with Gasteiger partial charge >= 0.3 is 6.18 Å². The molecule has 0 radical (unpaired) electrons. The van der Waals surface area contributed by atoms with E-state index in [9.17, 15) is 22.8 Å². The Morgan fingerprint density at radius 2 is 1.45 bits per heavy atom. The van der Waals surface area contributed by atoms with Gasteiger partial charge in [-0.15, -0.1) is 11.8 Å². The molecule has 0 bridgehead atoms. The Bertz CT molecular complexity index is 866. The number of alkyl halides is 3. The second kappa shape index (κ2) is 8.90. The van der Waals surface area contributed by atoms with Crippen molar-refractivity contribution in [3.05, 3.63) is 65.7 Å². The lowest BCUT2D eigenvalue weighted by Gasteiger charge is -2.36. The molecule has 4 nitrogen and oxygen atoms in total. The van der Waals surface area contributed by atoms with E-state index < -0.39 is 17.6 Å². The van der Waals surface area contributed by atoms with Gasteiger partial charge in [0, 0.05) is 31.1 Å². The normalized spacial score (nSPS) is 15.9. The Labute approximate surface area is 171 Å². The van der Waals surface area contributed by atoms with Crippen LogP contribution in [0.15, 0.2) is 59.5 Å². The van der Waals surface area contributed by atoms with Gasteiger partial charge in [-0.3, -0.25) is 9.59 Å². The lowest BCUT2D eigenvalue weighted by molar-refractivity contribution is -0.138. The molecule has 1 aliphatic rings. The first-order valence-corrected chi connectivity index (χ1v) is 10.1. The molecule has 2 amide bonds. The SMILES string of the molecule is CC(Sc1ccccc1)C(=O)N1CCN(C(=O)c2ccccc2C(F)(F)F)CC1. The number of amides is 2. The van der Waals surface area contributed by atoms with E-state index in [4.69, 9.17) is 0 Å². The molecule has 1 atom stereocenters. The number of nitrogens with zero attached hydrogens (tertiary/aromatic N) is 2. The van der Waals surface area contributed by atoms with Crippen molar-refractivity contribution in [2.24, 2.45) is 0 Å². The Kier molecular flexibility index (Phi) is 6.52. The molecular formula is C21H21F3N2O2S. The van der Waals surface area contributed by atoms with Gasteiger partial charge in [0.25, 0.3) is 5.91 Å². The average molecular weight is 422 g/mol. The fraction of sp³-hybridized carbons (Fsp3) is 0.333. The van der Waals surface area contributed by atoms with Crippen LogP contribution < -0.4 is 0 Å². The molecule has 2 aromatic rings.